The van der Waals surface area contributed by atoms with E-state index in [1.54, 1.807) is 42.5 Å². The van der Waals surface area contributed by atoms with Gasteiger partial charge < -0.3 is 19.9 Å². The molecule has 0 bridgehead atoms. The zero-order chi connectivity index (χ0) is 21.0. The normalized spacial score (nSPS) is 14.7. The van der Waals surface area contributed by atoms with E-state index in [9.17, 15) is 9.59 Å². The van der Waals surface area contributed by atoms with Crippen molar-refractivity contribution in [2.45, 2.75) is 20.0 Å². The zero-order valence-electron chi connectivity index (χ0n) is 16.9. The summed E-state index contributed by atoms with van der Waals surface area (Å²) in [6.45, 7) is 7.06. The molecule has 7 heteroatoms. The van der Waals surface area contributed by atoms with E-state index in [2.05, 4.69) is 33.2 Å². The highest BCUT2D eigenvalue weighted by atomic mass is 79.9. The summed E-state index contributed by atoms with van der Waals surface area (Å²) in [4.78, 5) is 29.5. The molecule has 154 valence electrons. The van der Waals surface area contributed by atoms with Crippen molar-refractivity contribution in [3.8, 4) is 5.75 Å². The van der Waals surface area contributed by atoms with Gasteiger partial charge in [-0.25, -0.2) is 0 Å². The molecule has 0 saturated carbocycles. The lowest BCUT2D eigenvalue weighted by molar-refractivity contribution is 0.0664. The van der Waals surface area contributed by atoms with Crippen LogP contribution in [0.2, 0.25) is 0 Å². The topological polar surface area (TPSA) is 61.9 Å². The molecule has 0 radical (unpaired) electrons. The monoisotopic (exact) mass is 459 g/mol. The number of anilines is 1. The lowest BCUT2D eigenvalue weighted by atomic mass is 10.1. The minimum Gasteiger partial charge on any atom is -0.490 e. The molecule has 1 aliphatic heterocycles. The number of nitrogens with zero attached hydrogens (tertiary/aromatic N) is 2. The van der Waals surface area contributed by atoms with Crippen molar-refractivity contribution >= 4 is 33.4 Å². The molecule has 29 heavy (non-hydrogen) atoms. The molecule has 6 nitrogen and oxygen atoms in total. The first-order valence-electron chi connectivity index (χ1n) is 9.69. The fourth-order valence-electron chi connectivity index (χ4n) is 3.12. The Bertz CT molecular complexity index is 893. The number of carbonyl (C=O) groups is 2. The van der Waals surface area contributed by atoms with Crippen LogP contribution in [0.5, 0.6) is 5.75 Å². The Labute approximate surface area is 180 Å². The molecule has 0 spiro atoms. The predicted molar refractivity (Wildman–Crippen MR) is 118 cm³/mol. The molecule has 1 aliphatic rings. The molecule has 0 unspecified atom stereocenters. The Kier molecular flexibility index (Phi) is 6.92. The predicted octanol–water partition coefficient (Wildman–Crippen LogP) is 3.88. The molecule has 2 amide bonds. The van der Waals surface area contributed by atoms with E-state index in [-0.39, 0.29) is 17.9 Å². The maximum Gasteiger partial charge on any atom is 0.255 e. The average molecular weight is 460 g/mol. The van der Waals surface area contributed by atoms with Crippen molar-refractivity contribution in [3.05, 3.63) is 58.1 Å². The number of carbonyl (C=O) groups excluding carboxylic acids is 2. The first-order chi connectivity index (χ1) is 13.8. The maximum absolute atomic E-state index is 12.8. The highest BCUT2D eigenvalue weighted by Gasteiger charge is 2.20. The van der Waals surface area contributed by atoms with Crippen LogP contribution in [0, 0.1) is 0 Å². The summed E-state index contributed by atoms with van der Waals surface area (Å²) in [5.41, 5.74) is 1.67. The molecule has 1 saturated heterocycles. The second-order valence-corrected chi connectivity index (χ2v) is 8.30. The van der Waals surface area contributed by atoms with Crippen molar-refractivity contribution in [1.29, 1.82) is 0 Å². The van der Waals surface area contributed by atoms with Crippen LogP contribution in [0.3, 0.4) is 0 Å². The Balaban J connectivity index is 1.69. The Morgan fingerprint density at radius 3 is 2.41 bits per heavy atom. The number of benzene rings is 2. The molecule has 0 atom stereocenters. The summed E-state index contributed by atoms with van der Waals surface area (Å²) in [7, 11) is 2.05. The van der Waals surface area contributed by atoms with Gasteiger partial charge in [-0.3, -0.25) is 9.59 Å². The zero-order valence-corrected chi connectivity index (χ0v) is 18.5. The number of ether oxygens (including phenoxy) is 1. The molecule has 2 aromatic carbocycles. The van der Waals surface area contributed by atoms with Crippen LogP contribution in [0.15, 0.2) is 46.9 Å². The maximum atomic E-state index is 12.8. The highest BCUT2D eigenvalue weighted by molar-refractivity contribution is 9.10. The number of hydrogen-bond acceptors (Lipinski definition) is 4. The van der Waals surface area contributed by atoms with E-state index in [0.29, 0.717) is 35.7 Å². The van der Waals surface area contributed by atoms with Crippen LogP contribution in [0.4, 0.5) is 5.69 Å². The Morgan fingerprint density at radius 1 is 1.03 bits per heavy atom. The van der Waals surface area contributed by atoms with Crippen molar-refractivity contribution < 1.29 is 14.3 Å². The molecule has 0 aliphatic carbocycles. The highest BCUT2D eigenvalue weighted by Crippen LogP contribution is 2.27. The average Bonchev–Trinajstić information content (AvgIpc) is 2.69. The first-order valence-corrected chi connectivity index (χ1v) is 10.5. The number of rotatable bonds is 5. The van der Waals surface area contributed by atoms with Gasteiger partial charge in [0.1, 0.15) is 5.75 Å². The molecular formula is C22H26BrN3O3. The molecule has 1 N–H and O–H groups in total. The van der Waals surface area contributed by atoms with Gasteiger partial charge in [-0.05, 0) is 73.2 Å². The Hall–Kier alpha value is -2.38. The Morgan fingerprint density at radius 2 is 1.76 bits per heavy atom. The fraction of sp³-hybridized carbons (Fsp3) is 0.364. The molecule has 0 aromatic heterocycles. The summed E-state index contributed by atoms with van der Waals surface area (Å²) in [6.07, 6.45) is 0.0477. The van der Waals surface area contributed by atoms with Crippen LogP contribution in [0.1, 0.15) is 34.6 Å². The van der Waals surface area contributed by atoms with Gasteiger partial charge >= 0.3 is 0 Å². The van der Waals surface area contributed by atoms with Crippen molar-refractivity contribution in [3.63, 3.8) is 0 Å². The number of amides is 2. The van der Waals surface area contributed by atoms with Gasteiger partial charge in [0, 0.05) is 43.0 Å². The van der Waals surface area contributed by atoms with E-state index >= 15 is 0 Å². The number of hydrogen-bond donors (Lipinski definition) is 1. The fourth-order valence-corrected chi connectivity index (χ4v) is 3.59. The summed E-state index contributed by atoms with van der Waals surface area (Å²) in [6, 6.07) is 12.3. The second-order valence-electron chi connectivity index (χ2n) is 7.44. The number of nitrogens with one attached hydrogen (secondary N) is 1. The van der Waals surface area contributed by atoms with Gasteiger partial charge in [0.25, 0.3) is 11.8 Å². The van der Waals surface area contributed by atoms with E-state index < -0.39 is 0 Å². The molecular weight excluding hydrogens is 434 g/mol. The SMILES string of the molecule is CC(C)Oc1ccc(C(=O)Nc2cccc(C(=O)N3CCN(C)CC3)c2)cc1Br. The summed E-state index contributed by atoms with van der Waals surface area (Å²) in [5, 5.41) is 2.87. The molecule has 1 fully saturated rings. The van der Waals surface area contributed by atoms with Crippen molar-refractivity contribution in [2.75, 3.05) is 38.5 Å². The van der Waals surface area contributed by atoms with Gasteiger partial charge in [0.05, 0.1) is 10.6 Å². The van der Waals surface area contributed by atoms with Gasteiger partial charge in [0.2, 0.25) is 0 Å². The summed E-state index contributed by atoms with van der Waals surface area (Å²) in [5.74, 6) is 0.439. The first kappa shape index (κ1) is 21.3. The van der Waals surface area contributed by atoms with Crippen molar-refractivity contribution in [1.82, 2.24) is 9.80 Å². The van der Waals surface area contributed by atoms with Crippen LogP contribution >= 0.6 is 15.9 Å². The largest absolute Gasteiger partial charge is 0.490 e. The molecule has 1 heterocycles. The van der Waals surface area contributed by atoms with Gasteiger partial charge in [0.15, 0.2) is 0 Å². The van der Waals surface area contributed by atoms with Gasteiger partial charge in [-0.15, -0.1) is 0 Å². The lowest BCUT2D eigenvalue weighted by Crippen LogP contribution is -2.47. The third-order valence-corrected chi connectivity index (χ3v) is 5.33. The minimum atomic E-state index is -0.244. The number of halogens is 1. The van der Waals surface area contributed by atoms with E-state index in [4.69, 9.17) is 4.74 Å². The molecule has 3 rings (SSSR count). The summed E-state index contributed by atoms with van der Waals surface area (Å²) < 4.78 is 6.40. The quantitative estimate of drug-likeness (QED) is 0.736. The lowest BCUT2D eigenvalue weighted by Gasteiger charge is -2.32. The van der Waals surface area contributed by atoms with Crippen LogP contribution in [-0.2, 0) is 0 Å². The minimum absolute atomic E-state index is 0.00729. The van der Waals surface area contributed by atoms with E-state index in [0.717, 1.165) is 17.6 Å². The standard InChI is InChI=1S/C22H26BrN3O3/c1-15(2)29-20-8-7-16(14-19(20)23)21(27)24-18-6-4-5-17(13-18)22(28)26-11-9-25(3)10-12-26/h4-8,13-15H,9-12H2,1-3H3,(H,24,27). The number of likely N-dealkylation sites (N-methyl/N-ethyl adjacent to an activating group) is 1. The summed E-state index contributed by atoms with van der Waals surface area (Å²) >= 11 is 3.45. The van der Waals surface area contributed by atoms with Crippen molar-refractivity contribution in [2.24, 2.45) is 0 Å². The van der Waals surface area contributed by atoms with E-state index in [1.807, 2.05) is 18.7 Å². The van der Waals surface area contributed by atoms with Crippen LogP contribution in [0.25, 0.3) is 0 Å². The number of piperazine rings is 1. The van der Waals surface area contributed by atoms with Crippen LogP contribution < -0.4 is 10.1 Å². The second kappa shape index (κ2) is 9.41. The third kappa shape index (κ3) is 5.58. The third-order valence-electron chi connectivity index (χ3n) is 4.71. The molecule has 2 aromatic rings. The van der Waals surface area contributed by atoms with Crippen LogP contribution in [-0.4, -0.2) is 60.9 Å². The smallest absolute Gasteiger partial charge is 0.255 e. The van der Waals surface area contributed by atoms with Gasteiger partial charge in [-0.1, -0.05) is 6.07 Å². The van der Waals surface area contributed by atoms with E-state index in [1.165, 1.54) is 0 Å². The van der Waals surface area contributed by atoms with Gasteiger partial charge in [-0.2, -0.15) is 0 Å².